The standard InChI is InChI=1S/C20H30N2O3S/c1-15-5-6-16(2)18(13-15)26(24,25)20(9-3-4-10-20)19(23)22-11-7-17(14-21)8-12-22/h5-6,13,17H,3-4,7-12,14,21H2,1-2H3. The topological polar surface area (TPSA) is 80.5 Å². The second-order valence-electron chi connectivity index (χ2n) is 7.95. The summed E-state index contributed by atoms with van der Waals surface area (Å²) in [4.78, 5) is 15.6. The molecule has 0 spiro atoms. The highest BCUT2D eigenvalue weighted by Gasteiger charge is 2.55. The van der Waals surface area contributed by atoms with Crippen molar-refractivity contribution in [1.82, 2.24) is 4.90 Å². The Labute approximate surface area is 156 Å². The largest absolute Gasteiger partial charge is 0.341 e. The fourth-order valence-corrected chi connectivity index (χ4v) is 6.85. The Morgan fingerprint density at radius 2 is 1.81 bits per heavy atom. The first kappa shape index (κ1) is 19.4. The molecule has 1 aliphatic carbocycles. The molecular weight excluding hydrogens is 348 g/mol. The number of benzene rings is 1. The highest BCUT2D eigenvalue weighted by Crippen LogP contribution is 2.43. The zero-order valence-corrected chi connectivity index (χ0v) is 16.6. The van der Waals surface area contributed by atoms with E-state index in [0.29, 0.717) is 43.3 Å². The SMILES string of the molecule is Cc1ccc(C)c(S(=O)(=O)C2(C(=O)N3CCC(CN)CC3)CCCC2)c1. The summed E-state index contributed by atoms with van der Waals surface area (Å²) in [6, 6.07) is 5.47. The lowest BCUT2D eigenvalue weighted by atomic mass is 9.95. The van der Waals surface area contributed by atoms with E-state index in [0.717, 1.165) is 36.8 Å². The number of hydrogen-bond donors (Lipinski definition) is 1. The lowest BCUT2D eigenvalue weighted by Gasteiger charge is -2.38. The molecular formula is C20H30N2O3S. The number of likely N-dealkylation sites (tertiary alicyclic amines) is 1. The Balaban J connectivity index is 1.97. The predicted octanol–water partition coefficient (Wildman–Crippen LogP) is 2.59. The molecule has 0 unspecified atom stereocenters. The lowest BCUT2D eigenvalue weighted by Crippen LogP contribution is -2.54. The first-order chi connectivity index (χ1) is 12.3. The minimum Gasteiger partial charge on any atom is -0.341 e. The maximum Gasteiger partial charge on any atom is 0.244 e. The van der Waals surface area contributed by atoms with Gasteiger partial charge in [0, 0.05) is 13.1 Å². The Morgan fingerprint density at radius 3 is 2.38 bits per heavy atom. The summed E-state index contributed by atoms with van der Waals surface area (Å²) in [7, 11) is -3.74. The van der Waals surface area contributed by atoms with Crippen LogP contribution < -0.4 is 5.73 Å². The van der Waals surface area contributed by atoms with Crippen LogP contribution >= 0.6 is 0 Å². The fraction of sp³-hybridized carbons (Fsp3) is 0.650. The van der Waals surface area contributed by atoms with Gasteiger partial charge in [-0.25, -0.2) is 8.42 Å². The van der Waals surface area contributed by atoms with Crippen LogP contribution in [0.5, 0.6) is 0 Å². The van der Waals surface area contributed by atoms with Gasteiger partial charge >= 0.3 is 0 Å². The smallest absolute Gasteiger partial charge is 0.244 e. The Kier molecular flexibility index (Phi) is 5.45. The Morgan fingerprint density at radius 1 is 1.19 bits per heavy atom. The van der Waals surface area contributed by atoms with E-state index in [-0.39, 0.29) is 5.91 Å². The molecule has 0 aromatic heterocycles. The summed E-state index contributed by atoms with van der Waals surface area (Å²) in [5.74, 6) is 0.251. The summed E-state index contributed by atoms with van der Waals surface area (Å²) in [6.07, 6.45) is 4.16. The molecule has 2 N–H and O–H groups in total. The maximum atomic E-state index is 13.7. The van der Waals surface area contributed by atoms with Crippen molar-refractivity contribution in [2.75, 3.05) is 19.6 Å². The van der Waals surface area contributed by atoms with Crippen molar-refractivity contribution in [3.63, 3.8) is 0 Å². The third kappa shape index (κ3) is 3.18. The zero-order valence-electron chi connectivity index (χ0n) is 15.8. The van der Waals surface area contributed by atoms with E-state index in [1.54, 1.807) is 11.0 Å². The number of nitrogens with two attached hydrogens (primary N) is 1. The first-order valence-electron chi connectivity index (χ1n) is 9.63. The molecule has 2 aliphatic rings. The number of carbonyl (C=O) groups is 1. The van der Waals surface area contributed by atoms with Gasteiger partial charge in [-0.2, -0.15) is 0 Å². The molecule has 1 saturated heterocycles. The van der Waals surface area contributed by atoms with Crippen LogP contribution in [0.2, 0.25) is 0 Å². The molecule has 5 nitrogen and oxygen atoms in total. The minimum absolute atomic E-state index is 0.189. The normalized spacial score (nSPS) is 21.1. The molecule has 1 aromatic carbocycles. The number of sulfone groups is 1. The van der Waals surface area contributed by atoms with Crippen molar-refractivity contribution >= 4 is 15.7 Å². The highest BCUT2D eigenvalue weighted by molar-refractivity contribution is 7.93. The van der Waals surface area contributed by atoms with Crippen molar-refractivity contribution < 1.29 is 13.2 Å². The van der Waals surface area contributed by atoms with Gasteiger partial charge in [-0.05, 0) is 69.2 Å². The molecule has 6 heteroatoms. The molecule has 1 aromatic rings. The minimum atomic E-state index is -3.74. The van der Waals surface area contributed by atoms with Gasteiger partial charge in [-0.15, -0.1) is 0 Å². The summed E-state index contributed by atoms with van der Waals surface area (Å²) in [5, 5.41) is 0. The Bertz CT molecular complexity index is 774. The molecule has 1 saturated carbocycles. The average molecular weight is 379 g/mol. The number of rotatable bonds is 4. The number of nitrogens with zero attached hydrogens (tertiary/aromatic N) is 1. The first-order valence-corrected chi connectivity index (χ1v) is 11.1. The van der Waals surface area contributed by atoms with E-state index in [1.165, 1.54) is 0 Å². The van der Waals surface area contributed by atoms with Gasteiger partial charge < -0.3 is 10.6 Å². The third-order valence-electron chi connectivity index (χ3n) is 6.18. The zero-order chi connectivity index (χ0) is 18.9. The number of amides is 1. The molecule has 1 aliphatic heterocycles. The van der Waals surface area contributed by atoms with Crippen LogP contribution in [0.4, 0.5) is 0 Å². The highest BCUT2D eigenvalue weighted by atomic mass is 32.2. The summed E-state index contributed by atoms with van der Waals surface area (Å²) < 4.78 is 26.0. The van der Waals surface area contributed by atoms with Gasteiger partial charge in [0.15, 0.2) is 14.6 Å². The fourth-order valence-electron chi connectivity index (χ4n) is 4.41. The molecule has 26 heavy (non-hydrogen) atoms. The van der Waals surface area contributed by atoms with Crippen molar-refractivity contribution in [2.45, 2.75) is 62.0 Å². The van der Waals surface area contributed by atoms with Crippen LogP contribution in [0.1, 0.15) is 49.7 Å². The van der Waals surface area contributed by atoms with Crippen molar-refractivity contribution in [3.05, 3.63) is 29.3 Å². The molecule has 1 amide bonds. The molecule has 0 atom stereocenters. The van der Waals surface area contributed by atoms with Crippen LogP contribution in [0.15, 0.2) is 23.1 Å². The summed E-state index contributed by atoms with van der Waals surface area (Å²) in [6.45, 7) is 5.56. The van der Waals surface area contributed by atoms with Crippen LogP contribution in [0, 0.1) is 19.8 Å². The van der Waals surface area contributed by atoms with Crippen molar-refractivity contribution in [1.29, 1.82) is 0 Å². The monoisotopic (exact) mass is 378 g/mol. The van der Waals surface area contributed by atoms with E-state index in [2.05, 4.69) is 0 Å². The molecule has 2 fully saturated rings. The number of piperidine rings is 1. The van der Waals surface area contributed by atoms with E-state index in [9.17, 15) is 13.2 Å². The quantitative estimate of drug-likeness (QED) is 0.873. The predicted molar refractivity (Wildman–Crippen MR) is 103 cm³/mol. The van der Waals surface area contributed by atoms with Gasteiger partial charge in [0.05, 0.1) is 4.90 Å². The number of aryl methyl sites for hydroxylation is 2. The third-order valence-corrected chi connectivity index (χ3v) is 8.81. The second kappa shape index (κ2) is 7.31. The van der Waals surface area contributed by atoms with Gasteiger partial charge in [-0.1, -0.05) is 25.0 Å². The van der Waals surface area contributed by atoms with Crippen LogP contribution in [0.3, 0.4) is 0 Å². The van der Waals surface area contributed by atoms with Gasteiger partial charge in [-0.3, -0.25) is 4.79 Å². The molecule has 0 bridgehead atoms. The van der Waals surface area contributed by atoms with Crippen LogP contribution in [-0.4, -0.2) is 43.6 Å². The Hall–Kier alpha value is -1.40. The maximum absolute atomic E-state index is 13.7. The van der Waals surface area contributed by atoms with E-state index < -0.39 is 14.6 Å². The number of carbonyl (C=O) groups excluding carboxylic acids is 1. The van der Waals surface area contributed by atoms with E-state index in [1.807, 2.05) is 26.0 Å². The lowest BCUT2D eigenvalue weighted by molar-refractivity contribution is -0.135. The molecule has 1 heterocycles. The van der Waals surface area contributed by atoms with E-state index in [4.69, 9.17) is 5.73 Å². The second-order valence-corrected chi connectivity index (χ2v) is 10.2. The van der Waals surface area contributed by atoms with Crippen LogP contribution in [-0.2, 0) is 14.6 Å². The van der Waals surface area contributed by atoms with Crippen LogP contribution in [0.25, 0.3) is 0 Å². The average Bonchev–Trinajstić information content (AvgIpc) is 3.15. The number of hydrogen-bond acceptors (Lipinski definition) is 4. The van der Waals surface area contributed by atoms with Crippen molar-refractivity contribution in [2.24, 2.45) is 11.7 Å². The summed E-state index contributed by atoms with van der Waals surface area (Å²) in [5.41, 5.74) is 7.37. The van der Waals surface area contributed by atoms with Gasteiger partial charge in [0.25, 0.3) is 0 Å². The van der Waals surface area contributed by atoms with Gasteiger partial charge in [0.1, 0.15) is 0 Å². The molecule has 144 valence electrons. The van der Waals surface area contributed by atoms with Gasteiger partial charge in [0.2, 0.25) is 5.91 Å². The summed E-state index contributed by atoms with van der Waals surface area (Å²) >= 11 is 0. The van der Waals surface area contributed by atoms with Crippen molar-refractivity contribution in [3.8, 4) is 0 Å². The molecule has 3 rings (SSSR count). The van der Waals surface area contributed by atoms with E-state index >= 15 is 0 Å². The molecule has 0 radical (unpaired) electrons.